The van der Waals surface area contributed by atoms with E-state index in [4.69, 9.17) is 11.6 Å². The molecule has 2 aliphatic heterocycles. The summed E-state index contributed by atoms with van der Waals surface area (Å²) >= 11 is 6.81. The predicted molar refractivity (Wildman–Crippen MR) is 177 cm³/mol. The van der Waals surface area contributed by atoms with E-state index < -0.39 is 0 Å². The third-order valence-electron chi connectivity index (χ3n) is 8.28. The molecule has 2 aliphatic rings. The first kappa shape index (κ1) is 30.6. The Bertz CT molecular complexity index is 1800. The van der Waals surface area contributed by atoms with Gasteiger partial charge in [-0.15, -0.1) is 5.53 Å². The average molecular weight is 626 g/mol. The molecule has 0 unspecified atom stereocenters. The maximum Gasteiger partial charge on any atom is 0.126 e. The average Bonchev–Trinajstić information content (AvgIpc) is 3.47. The van der Waals surface area contributed by atoms with Crippen molar-refractivity contribution in [2.75, 3.05) is 10.6 Å². The Morgan fingerprint density at radius 1 is 1.09 bits per heavy atom. The van der Waals surface area contributed by atoms with E-state index in [0.717, 1.165) is 29.8 Å². The van der Waals surface area contributed by atoms with Crippen molar-refractivity contribution in [3.8, 4) is 6.07 Å². The third-order valence-corrected chi connectivity index (χ3v) is 8.57. The molecule has 2 aromatic carbocycles. The fourth-order valence-corrected chi connectivity index (χ4v) is 6.90. The Morgan fingerprint density at radius 2 is 1.87 bits per heavy atom. The number of hydrogen-bond acceptors (Lipinski definition) is 9. The second-order valence-corrected chi connectivity index (χ2v) is 13.6. The highest BCUT2D eigenvalue weighted by atomic mass is 35.5. The number of hydrazine groups is 2. The standard InChI is InChI=1S/C34H37ClFN9/c1-20-11-23(8-9-28(20)36)40-30-22(16-37)18-39-32-26(30)12-24(13-27(32)35)41-31(21-7-6-10-38-17-21)29-19-45(44-42-29)25-14-33(2,3)43-34(4,5)15-25/h6-13,17-19,25,31,41-44H,14-15H2,1-5H3,(H,39,40)/t31-/m0/s1. The molecule has 0 saturated carbocycles. The molecule has 2 aromatic heterocycles. The van der Waals surface area contributed by atoms with Crippen LogP contribution >= 0.6 is 11.6 Å². The Labute approximate surface area is 267 Å². The molecule has 1 fully saturated rings. The van der Waals surface area contributed by atoms with E-state index >= 15 is 0 Å². The largest absolute Gasteiger partial charge is 0.373 e. The second kappa shape index (κ2) is 11.8. The van der Waals surface area contributed by atoms with Crippen LogP contribution in [0.5, 0.6) is 0 Å². The first-order valence-electron chi connectivity index (χ1n) is 14.9. The number of nitriles is 1. The van der Waals surface area contributed by atoms with Gasteiger partial charge in [0.1, 0.15) is 11.9 Å². The van der Waals surface area contributed by atoms with Gasteiger partial charge in [-0.25, -0.2) is 4.39 Å². The van der Waals surface area contributed by atoms with Gasteiger partial charge in [-0.1, -0.05) is 17.7 Å². The molecule has 5 N–H and O–H groups in total. The minimum atomic E-state index is -0.310. The number of pyridine rings is 2. The molecule has 9 nitrogen and oxygen atoms in total. The van der Waals surface area contributed by atoms with Crippen LogP contribution in [0, 0.1) is 24.1 Å². The van der Waals surface area contributed by atoms with Crippen molar-refractivity contribution < 1.29 is 4.39 Å². The number of aromatic nitrogens is 2. The van der Waals surface area contributed by atoms with Gasteiger partial charge in [0.2, 0.25) is 0 Å². The lowest BCUT2D eigenvalue weighted by molar-refractivity contribution is 0.0671. The van der Waals surface area contributed by atoms with E-state index in [1.165, 1.54) is 12.3 Å². The van der Waals surface area contributed by atoms with Crippen LogP contribution in [0.25, 0.3) is 10.9 Å². The SMILES string of the molecule is Cc1cc(Nc2c(C#N)cnc3c(Cl)cc(N[C@H](C4=CN(C5CC(C)(C)NC(C)(C)C5)NN4)c4cccnc4)cc23)ccc1F. The van der Waals surface area contributed by atoms with Gasteiger partial charge in [0.05, 0.1) is 39.6 Å². The van der Waals surface area contributed by atoms with Crippen LogP contribution in [-0.4, -0.2) is 32.1 Å². The van der Waals surface area contributed by atoms with Gasteiger partial charge >= 0.3 is 0 Å². The fourth-order valence-electron chi connectivity index (χ4n) is 6.64. The molecule has 0 radical (unpaired) electrons. The van der Waals surface area contributed by atoms with E-state index in [1.54, 1.807) is 25.3 Å². The van der Waals surface area contributed by atoms with Gasteiger partial charge in [0, 0.05) is 52.6 Å². The van der Waals surface area contributed by atoms with Crippen LogP contribution < -0.4 is 26.9 Å². The molecule has 45 heavy (non-hydrogen) atoms. The predicted octanol–water partition coefficient (Wildman–Crippen LogP) is 6.97. The number of nitrogens with zero attached hydrogens (tertiary/aromatic N) is 4. The molecule has 0 amide bonds. The Balaban J connectivity index is 1.37. The summed E-state index contributed by atoms with van der Waals surface area (Å²) in [6, 6.07) is 14.6. The van der Waals surface area contributed by atoms with E-state index in [0.29, 0.717) is 38.4 Å². The maximum atomic E-state index is 14.0. The zero-order valence-electron chi connectivity index (χ0n) is 26.0. The highest BCUT2D eigenvalue weighted by Crippen LogP contribution is 2.38. The number of anilines is 3. The topological polar surface area (TPSA) is 113 Å². The maximum absolute atomic E-state index is 14.0. The molecule has 4 aromatic rings. The first-order chi connectivity index (χ1) is 21.4. The molecule has 1 atom stereocenters. The molecule has 1 saturated heterocycles. The third kappa shape index (κ3) is 6.52. The Hall–Kier alpha value is -4.43. The number of fused-ring (bicyclic) bond motifs is 1. The first-order valence-corrected chi connectivity index (χ1v) is 15.3. The van der Waals surface area contributed by atoms with Crippen molar-refractivity contribution in [1.82, 2.24) is 31.3 Å². The van der Waals surface area contributed by atoms with Crippen molar-refractivity contribution in [3.63, 3.8) is 0 Å². The van der Waals surface area contributed by atoms with Crippen molar-refractivity contribution in [2.24, 2.45) is 0 Å². The van der Waals surface area contributed by atoms with E-state index in [9.17, 15) is 9.65 Å². The summed E-state index contributed by atoms with van der Waals surface area (Å²) in [5.41, 5.74) is 11.9. The zero-order valence-corrected chi connectivity index (χ0v) is 26.7. The zero-order chi connectivity index (χ0) is 31.9. The normalized spacial score (nSPS) is 18.2. The number of rotatable bonds is 7. The molecule has 11 heteroatoms. The lowest BCUT2D eigenvalue weighted by atomic mass is 9.79. The van der Waals surface area contributed by atoms with Crippen LogP contribution in [0.4, 0.5) is 21.5 Å². The molecule has 4 heterocycles. The summed E-state index contributed by atoms with van der Waals surface area (Å²) in [5.74, 6) is -0.299. The number of benzene rings is 2. The molecule has 0 aliphatic carbocycles. The molecular formula is C34H37ClFN9. The van der Waals surface area contributed by atoms with E-state index in [1.807, 2.05) is 30.5 Å². The van der Waals surface area contributed by atoms with Crippen LogP contribution in [0.2, 0.25) is 5.02 Å². The Kier molecular flexibility index (Phi) is 8.04. The van der Waals surface area contributed by atoms with Gasteiger partial charge < -0.3 is 21.4 Å². The van der Waals surface area contributed by atoms with Crippen molar-refractivity contribution in [3.05, 3.63) is 100 Å². The minimum Gasteiger partial charge on any atom is -0.373 e. The van der Waals surface area contributed by atoms with Crippen LogP contribution in [0.15, 0.2) is 73.0 Å². The minimum absolute atomic E-state index is 0.0117. The Morgan fingerprint density at radius 3 is 2.56 bits per heavy atom. The quantitative estimate of drug-likeness (QED) is 0.148. The van der Waals surface area contributed by atoms with Gasteiger partial charge in [-0.3, -0.25) is 15.0 Å². The lowest BCUT2D eigenvalue weighted by Gasteiger charge is -2.48. The fraction of sp³-hybridized carbons (Fsp3) is 0.324. The molecular weight excluding hydrogens is 589 g/mol. The number of piperidine rings is 1. The van der Waals surface area contributed by atoms with Gasteiger partial charge in [-0.2, -0.15) is 5.26 Å². The van der Waals surface area contributed by atoms with Crippen LogP contribution in [0.1, 0.15) is 63.3 Å². The number of halogens is 2. The van der Waals surface area contributed by atoms with Crippen molar-refractivity contribution in [1.29, 1.82) is 5.26 Å². The van der Waals surface area contributed by atoms with E-state index in [-0.39, 0.29) is 29.0 Å². The van der Waals surface area contributed by atoms with E-state index in [2.05, 4.69) is 81.9 Å². The number of nitrogens with one attached hydrogen (secondary N) is 5. The van der Waals surface area contributed by atoms with Crippen LogP contribution in [-0.2, 0) is 0 Å². The summed E-state index contributed by atoms with van der Waals surface area (Å²) in [7, 11) is 0. The highest BCUT2D eigenvalue weighted by molar-refractivity contribution is 6.36. The molecule has 6 rings (SSSR count). The molecule has 0 bridgehead atoms. The van der Waals surface area contributed by atoms with Crippen molar-refractivity contribution >= 4 is 39.6 Å². The van der Waals surface area contributed by atoms with Gasteiger partial charge in [0.15, 0.2) is 0 Å². The summed E-state index contributed by atoms with van der Waals surface area (Å²) in [5, 5.41) is 23.9. The molecule has 0 spiro atoms. The summed E-state index contributed by atoms with van der Waals surface area (Å²) in [6.07, 6.45) is 9.14. The van der Waals surface area contributed by atoms with Gasteiger partial charge in [-0.05, 0) is 95.0 Å². The summed E-state index contributed by atoms with van der Waals surface area (Å²) < 4.78 is 14.0. The van der Waals surface area contributed by atoms with Gasteiger partial charge in [0.25, 0.3) is 0 Å². The summed E-state index contributed by atoms with van der Waals surface area (Å²) in [6.45, 7) is 10.7. The second-order valence-electron chi connectivity index (χ2n) is 13.1. The lowest BCUT2D eigenvalue weighted by Crippen LogP contribution is -2.63. The monoisotopic (exact) mass is 625 g/mol. The summed E-state index contributed by atoms with van der Waals surface area (Å²) in [4.78, 5) is 8.87. The number of hydrogen-bond donors (Lipinski definition) is 5. The molecule has 232 valence electrons. The number of aryl methyl sites for hydroxylation is 1. The smallest absolute Gasteiger partial charge is 0.126 e. The van der Waals surface area contributed by atoms with Crippen LogP contribution in [0.3, 0.4) is 0 Å². The highest BCUT2D eigenvalue weighted by Gasteiger charge is 2.41. The van der Waals surface area contributed by atoms with Crippen molar-refractivity contribution in [2.45, 2.75) is 70.6 Å².